The number of para-hydroxylation sites is 1. The molecule has 0 aliphatic carbocycles. The van der Waals surface area contributed by atoms with E-state index in [-0.39, 0.29) is 5.91 Å². The van der Waals surface area contributed by atoms with E-state index in [1.807, 2.05) is 53.1 Å². The molecule has 3 nitrogen and oxygen atoms in total. The number of carbonyl (C=O) groups excluding carboxylic acids is 1. The number of benzene rings is 1. The van der Waals surface area contributed by atoms with Crippen molar-refractivity contribution in [3.63, 3.8) is 0 Å². The number of aromatic nitrogens is 1. The fourth-order valence-corrected chi connectivity index (χ4v) is 4.42. The number of nitrogens with zero attached hydrogens (tertiary/aromatic N) is 2. The minimum absolute atomic E-state index is 0.0959. The third kappa shape index (κ3) is 1.82. The molecule has 0 N–H and O–H groups in total. The van der Waals surface area contributed by atoms with Crippen LogP contribution in [0.5, 0.6) is 0 Å². The molecule has 0 spiro atoms. The van der Waals surface area contributed by atoms with Gasteiger partial charge in [-0.15, -0.1) is 0 Å². The Morgan fingerprint density at radius 1 is 1.26 bits per heavy atom. The van der Waals surface area contributed by atoms with E-state index in [1.165, 1.54) is 0 Å². The van der Waals surface area contributed by atoms with Crippen molar-refractivity contribution in [2.24, 2.45) is 0 Å². The van der Waals surface area contributed by atoms with Gasteiger partial charge in [0.05, 0.1) is 5.52 Å². The molecule has 1 aromatic heterocycles. The Morgan fingerprint density at radius 3 is 2.95 bits per heavy atom. The van der Waals surface area contributed by atoms with Gasteiger partial charge in [0.2, 0.25) is 0 Å². The van der Waals surface area contributed by atoms with Crippen molar-refractivity contribution in [3.8, 4) is 0 Å². The molecule has 0 saturated carbocycles. The number of carbonyl (C=O) groups is 1. The van der Waals surface area contributed by atoms with Crippen LogP contribution in [0, 0.1) is 0 Å². The second-order valence-corrected chi connectivity index (χ2v) is 6.52. The molecule has 19 heavy (non-hydrogen) atoms. The smallest absolute Gasteiger partial charge is 0.272 e. The molecule has 2 aromatic rings. The van der Waals surface area contributed by atoms with Crippen molar-refractivity contribution >= 4 is 28.6 Å². The number of pyridine rings is 1. The number of thioether (sulfide) groups is 1. The molecular weight excluding hydrogens is 256 g/mol. The molecule has 4 heteroatoms. The molecule has 3 heterocycles. The Labute approximate surface area is 116 Å². The Balaban J connectivity index is 1.68. The lowest BCUT2D eigenvalue weighted by atomic mass is 10.2. The Bertz CT molecular complexity index is 657. The van der Waals surface area contributed by atoms with E-state index in [0.29, 0.717) is 17.0 Å². The van der Waals surface area contributed by atoms with Crippen LogP contribution in [0.15, 0.2) is 36.4 Å². The number of amides is 1. The second kappa shape index (κ2) is 4.23. The zero-order valence-corrected chi connectivity index (χ0v) is 11.3. The average molecular weight is 270 g/mol. The number of rotatable bonds is 1. The first-order valence-corrected chi connectivity index (χ1v) is 7.64. The van der Waals surface area contributed by atoms with Crippen LogP contribution in [0.3, 0.4) is 0 Å². The third-order valence-electron chi connectivity index (χ3n) is 3.98. The van der Waals surface area contributed by atoms with Crippen LogP contribution in [0.4, 0.5) is 0 Å². The Hall–Kier alpha value is -1.55. The van der Waals surface area contributed by atoms with E-state index in [4.69, 9.17) is 0 Å². The van der Waals surface area contributed by atoms with Gasteiger partial charge in [0, 0.05) is 29.0 Å². The van der Waals surface area contributed by atoms with Crippen molar-refractivity contribution in [2.45, 2.75) is 17.7 Å². The van der Waals surface area contributed by atoms with E-state index in [9.17, 15) is 4.79 Å². The number of hydrogen-bond donors (Lipinski definition) is 0. The van der Waals surface area contributed by atoms with E-state index >= 15 is 0 Å². The molecule has 4 rings (SSSR count). The number of hydrogen-bond acceptors (Lipinski definition) is 3. The highest BCUT2D eigenvalue weighted by molar-refractivity contribution is 8.00. The average Bonchev–Trinajstić information content (AvgIpc) is 3.08. The van der Waals surface area contributed by atoms with Gasteiger partial charge in [0.15, 0.2) is 0 Å². The van der Waals surface area contributed by atoms with Gasteiger partial charge >= 0.3 is 0 Å². The van der Waals surface area contributed by atoms with Gasteiger partial charge in [-0.3, -0.25) is 4.79 Å². The van der Waals surface area contributed by atoms with Crippen molar-refractivity contribution in [2.75, 3.05) is 12.3 Å². The standard InChI is InChI=1S/C15H14N2OS/c18-15(17-8-12-7-11(17)9-19-12)14-6-5-10-3-1-2-4-13(10)16-14/h1-6,11-12H,7-9H2/t11-,12+/m0/s1. The highest BCUT2D eigenvalue weighted by atomic mass is 32.2. The first kappa shape index (κ1) is 11.3. The van der Waals surface area contributed by atoms with Crippen molar-refractivity contribution in [1.82, 2.24) is 9.88 Å². The molecule has 2 atom stereocenters. The summed E-state index contributed by atoms with van der Waals surface area (Å²) in [5, 5.41) is 1.73. The third-order valence-corrected chi connectivity index (χ3v) is 5.37. The summed E-state index contributed by atoms with van der Waals surface area (Å²) in [6, 6.07) is 12.2. The summed E-state index contributed by atoms with van der Waals surface area (Å²) in [4.78, 5) is 19.1. The first-order valence-electron chi connectivity index (χ1n) is 6.59. The van der Waals surface area contributed by atoms with Crippen molar-refractivity contribution in [3.05, 3.63) is 42.1 Å². The molecule has 2 fully saturated rings. The maximum atomic E-state index is 12.5. The van der Waals surface area contributed by atoms with Crippen LogP contribution in [0.2, 0.25) is 0 Å². The fourth-order valence-electron chi connectivity index (χ4n) is 2.98. The predicted octanol–water partition coefficient (Wildman–Crippen LogP) is 2.56. The van der Waals surface area contributed by atoms with Gasteiger partial charge < -0.3 is 4.90 Å². The summed E-state index contributed by atoms with van der Waals surface area (Å²) < 4.78 is 0. The molecule has 2 saturated heterocycles. The van der Waals surface area contributed by atoms with Crippen LogP contribution in [0.1, 0.15) is 16.9 Å². The minimum Gasteiger partial charge on any atom is -0.332 e. The molecule has 0 radical (unpaired) electrons. The van der Waals surface area contributed by atoms with Crippen molar-refractivity contribution < 1.29 is 4.79 Å². The Kier molecular flexibility index (Phi) is 2.52. The monoisotopic (exact) mass is 270 g/mol. The van der Waals surface area contributed by atoms with Gasteiger partial charge in [0.25, 0.3) is 5.91 Å². The molecule has 2 bridgehead atoms. The zero-order chi connectivity index (χ0) is 12.8. The predicted molar refractivity (Wildman–Crippen MR) is 77.4 cm³/mol. The summed E-state index contributed by atoms with van der Waals surface area (Å²) in [7, 11) is 0. The fraction of sp³-hybridized carbons (Fsp3) is 0.333. The van der Waals surface area contributed by atoms with Gasteiger partial charge in [-0.2, -0.15) is 11.8 Å². The van der Waals surface area contributed by atoms with Crippen LogP contribution in [0.25, 0.3) is 10.9 Å². The SMILES string of the molecule is O=C(c1ccc2ccccc2n1)N1C[C@H]2C[C@H]1CS2. The van der Waals surface area contributed by atoms with Crippen molar-refractivity contribution in [1.29, 1.82) is 0 Å². The van der Waals surface area contributed by atoms with Gasteiger partial charge in [-0.1, -0.05) is 24.3 Å². The summed E-state index contributed by atoms with van der Waals surface area (Å²) in [6.45, 7) is 0.892. The highest BCUT2D eigenvalue weighted by Gasteiger charge is 2.41. The van der Waals surface area contributed by atoms with Crippen LogP contribution in [-0.4, -0.2) is 39.4 Å². The topological polar surface area (TPSA) is 33.2 Å². The quantitative estimate of drug-likeness (QED) is 0.798. The van der Waals surface area contributed by atoms with E-state index in [1.54, 1.807) is 0 Å². The number of fused-ring (bicyclic) bond motifs is 3. The summed E-state index contributed by atoms with van der Waals surface area (Å²) in [5.74, 6) is 1.18. The highest BCUT2D eigenvalue weighted by Crippen LogP contribution is 2.37. The molecule has 1 amide bonds. The lowest BCUT2D eigenvalue weighted by Crippen LogP contribution is -2.39. The second-order valence-electron chi connectivity index (χ2n) is 5.19. The summed E-state index contributed by atoms with van der Waals surface area (Å²) >= 11 is 2.00. The zero-order valence-electron chi connectivity index (χ0n) is 10.5. The van der Waals surface area contributed by atoms with E-state index in [2.05, 4.69) is 4.98 Å². The molecule has 2 aliphatic rings. The molecular formula is C15H14N2OS. The lowest BCUT2D eigenvalue weighted by Gasteiger charge is -2.26. The van der Waals surface area contributed by atoms with E-state index < -0.39 is 0 Å². The minimum atomic E-state index is 0.0959. The largest absolute Gasteiger partial charge is 0.332 e. The maximum Gasteiger partial charge on any atom is 0.272 e. The molecule has 0 unspecified atom stereocenters. The normalized spacial score (nSPS) is 25.2. The first-order chi connectivity index (χ1) is 9.31. The van der Waals surface area contributed by atoms with E-state index in [0.717, 1.165) is 29.6 Å². The lowest BCUT2D eigenvalue weighted by molar-refractivity contribution is 0.0742. The van der Waals surface area contributed by atoms with Gasteiger partial charge in [-0.25, -0.2) is 4.98 Å². The number of likely N-dealkylation sites (tertiary alicyclic amines) is 1. The van der Waals surface area contributed by atoms with Crippen LogP contribution >= 0.6 is 11.8 Å². The van der Waals surface area contributed by atoms with Gasteiger partial charge in [0.1, 0.15) is 5.69 Å². The molecule has 2 aliphatic heterocycles. The molecule has 96 valence electrons. The van der Waals surface area contributed by atoms with Gasteiger partial charge in [-0.05, 0) is 18.6 Å². The van der Waals surface area contributed by atoms with Crippen LogP contribution < -0.4 is 0 Å². The summed E-state index contributed by atoms with van der Waals surface area (Å²) in [5.41, 5.74) is 1.48. The Morgan fingerprint density at radius 2 is 2.16 bits per heavy atom. The molecule has 1 aromatic carbocycles. The summed E-state index contributed by atoms with van der Waals surface area (Å²) in [6.07, 6.45) is 1.16. The maximum absolute atomic E-state index is 12.5. The van der Waals surface area contributed by atoms with Crippen LogP contribution in [-0.2, 0) is 0 Å².